The second-order valence-electron chi connectivity index (χ2n) is 10.7. The molecule has 4 rings (SSSR count). The molecule has 0 bridgehead atoms. The van der Waals surface area contributed by atoms with Crippen LogP contribution in [-0.2, 0) is 9.53 Å². The summed E-state index contributed by atoms with van der Waals surface area (Å²) in [5.74, 6) is -3.20. The van der Waals surface area contributed by atoms with E-state index in [1.165, 1.54) is 37.4 Å². The van der Waals surface area contributed by atoms with E-state index >= 15 is 0 Å². The molecule has 13 heteroatoms. The Morgan fingerprint density at radius 2 is 1.50 bits per heavy atom. The first-order chi connectivity index (χ1) is 19.5. The highest BCUT2D eigenvalue weighted by Crippen LogP contribution is 2.65. The molecule has 0 saturated heterocycles. The number of hydrogen-bond donors (Lipinski definition) is 2. The third-order valence-electron chi connectivity index (χ3n) is 6.29. The van der Waals surface area contributed by atoms with Gasteiger partial charge < -0.3 is 15.4 Å². The Bertz CT molecular complexity index is 1560. The number of nitrogens with one attached hydrogen (secondary N) is 2. The maximum Gasteiger partial charge on any atom is 0.414 e. The SMILES string of the molecule is CN(C(=O)OC(C)(C)C)c1cc(NC(=O)c2cc(NC(=O)[C@@H]3[C@@H](c4cc(Cl)cc(Cl)c4)C3(Cl)Cl)ccc2Cl)ccc1F. The van der Waals surface area contributed by atoms with E-state index in [4.69, 9.17) is 62.7 Å². The molecule has 42 heavy (non-hydrogen) atoms. The second-order valence-corrected chi connectivity index (χ2v) is 13.4. The van der Waals surface area contributed by atoms with Crippen LogP contribution in [0.15, 0.2) is 54.6 Å². The lowest BCUT2D eigenvalue weighted by atomic mass is 10.1. The van der Waals surface area contributed by atoms with Crippen molar-refractivity contribution in [3.63, 3.8) is 0 Å². The van der Waals surface area contributed by atoms with Crippen LogP contribution in [0.5, 0.6) is 0 Å². The van der Waals surface area contributed by atoms with Crippen LogP contribution in [-0.4, -0.2) is 34.9 Å². The first kappa shape index (κ1) is 32.2. The zero-order chi connectivity index (χ0) is 31.1. The van der Waals surface area contributed by atoms with E-state index in [-0.39, 0.29) is 27.6 Å². The summed E-state index contributed by atoms with van der Waals surface area (Å²) < 4.78 is 18.5. The number of hydrogen-bond acceptors (Lipinski definition) is 4. The lowest BCUT2D eigenvalue weighted by molar-refractivity contribution is -0.117. The lowest BCUT2D eigenvalue weighted by Gasteiger charge is -2.25. The van der Waals surface area contributed by atoms with Gasteiger partial charge in [-0.25, -0.2) is 9.18 Å². The van der Waals surface area contributed by atoms with E-state index < -0.39 is 45.5 Å². The first-order valence-corrected chi connectivity index (χ1v) is 14.4. The molecule has 1 saturated carbocycles. The van der Waals surface area contributed by atoms with E-state index in [2.05, 4.69) is 10.6 Å². The highest BCUT2D eigenvalue weighted by Gasteiger charge is 2.67. The van der Waals surface area contributed by atoms with Crippen molar-refractivity contribution in [1.29, 1.82) is 0 Å². The molecule has 2 N–H and O–H groups in total. The number of halogens is 6. The van der Waals surface area contributed by atoms with Crippen LogP contribution in [0.4, 0.5) is 26.2 Å². The molecule has 0 aromatic heterocycles. The van der Waals surface area contributed by atoms with Gasteiger partial charge in [0.1, 0.15) is 15.8 Å². The smallest absolute Gasteiger partial charge is 0.414 e. The summed E-state index contributed by atoms with van der Waals surface area (Å²) in [4.78, 5) is 39.7. The van der Waals surface area contributed by atoms with Crippen molar-refractivity contribution < 1.29 is 23.5 Å². The fraction of sp³-hybridized carbons (Fsp3) is 0.276. The summed E-state index contributed by atoms with van der Waals surface area (Å²) in [6.07, 6.45) is -0.773. The fourth-order valence-electron chi connectivity index (χ4n) is 4.29. The molecule has 3 aromatic carbocycles. The van der Waals surface area contributed by atoms with E-state index in [0.717, 1.165) is 11.0 Å². The average Bonchev–Trinajstić information content (AvgIpc) is 3.46. The molecule has 222 valence electrons. The van der Waals surface area contributed by atoms with Crippen LogP contribution < -0.4 is 15.5 Å². The number of amides is 3. The van der Waals surface area contributed by atoms with Crippen molar-refractivity contribution in [3.05, 3.63) is 86.6 Å². The van der Waals surface area contributed by atoms with Gasteiger partial charge in [0.25, 0.3) is 5.91 Å². The van der Waals surface area contributed by atoms with Gasteiger partial charge in [-0.2, -0.15) is 0 Å². The molecular weight excluding hydrogens is 651 g/mol. The van der Waals surface area contributed by atoms with Gasteiger partial charge >= 0.3 is 6.09 Å². The molecule has 0 spiro atoms. The Hall–Kier alpha value is -2.75. The quantitative estimate of drug-likeness (QED) is 0.256. The van der Waals surface area contributed by atoms with Crippen LogP contribution in [0.2, 0.25) is 15.1 Å². The summed E-state index contributed by atoms with van der Waals surface area (Å²) in [6, 6.07) is 12.9. The average molecular weight is 676 g/mol. The molecule has 0 aliphatic heterocycles. The Balaban J connectivity index is 1.49. The summed E-state index contributed by atoms with van der Waals surface area (Å²) in [5, 5.41) is 6.20. The van der Waals surface area contributed by atoms with Crippen molar-refractivity contribution in [2.24, 2.45) is 5.92 Å². The number of nitrogens with zero attached hydrogens (tertiary/aromatic N) is 1. The van der Waals surface area contributed by atoms with Crippen LogP contribution in [0, 0.1) is 11.7 Å². The molecule has 3 aromatic rings. The minimum absolute atomic E-state index is 0.0258. The minimum atomic E-state index is -1.39. The Morgan fingerprint density at radius 1 is 0.905 bits per heavy atom. The third-order valence-corrected chi connectivity index (χ3v) is 8.00. The highest BCUT2D eigenvalue weighted by molar-refractivity contribution is 6.53. The molecule has 2 atom stereocenters. The number of benzene rings is 3. The Labute approximate surface area is 267 Å². The van der Waals surface area contributed by atoms with Crippen LogP contribution >= 0.6 is 58.0 Å². The van der Waals surface area contributed by atoms with Gasteiger partial charge in [0.05, 0.1) is 22.2 Å². The van der Waals surface area contributed by atoms with Gasteiger partial charge in [-0.3, -0.25) is 14.5 Å². The van der Waals surface area contributed by atoms with Gasteiger partial charge in [-0.05, 0) is 80.9 Å². The maximum absolute atomic E-state index is 14.6. The topological polar surface area (TPSA) is 87.7 Å². The number of alkyl halides is 2. The zero-order valence-electron chi connectivity index (χ0n) is 22.7. The predicted molar refractivity (Wildman–Crippen MR) is 166 cm³/mol. The molecule has 1 fully saturated rings. The molecule has 1 aliphatic carbocycles. The minimum Gasteiger partial charge on any atom is -0.443 e. The van der Waals surface area contributed by atoms with Crippen molar-refractivity contribution in [3.8, 4) is 0 Å². The molecule has 0 heterocycles. The van der Waals surface area contributed by atoms with E-state index in [9.17, 15) is 18.8 Å². The Morgan fingerprint density at radius 3 is 2.12 bits per heavy atom. The van der Waals surface area contributed by atoms with Gasteiger partial charge in [0.15, 0.2) is 0 Å². The molecule has 0 radical (unpaired) electrons. The first-order valence-electron chi connectivity index (χ1n) is 12.5. The number of anilines is 3. The van der Waals surface area contributed by atoms with Gasteiger partial charge in [0.2, 0.25) is 5.91 Å². The summed E-state index contributed by atoms with van der Waals surface area (Å²) in [7, 11) is 1.35. The van der Waals surface area contributed by atoms with E-state index in [0.29, 0.717) is 15.6 Å². The predicted octanol–water partition coefficient (Wildman–Crippen LogP) is 8.94. The third kappa shape index (κ3) is 7.24. The van der Waals surface area contributed by atoms with Gasteiger partial charge in [-0.1, -0.05) is 34.8 Å². The van der Waals surface area contributed by atoms with Gasteiger partial charge in [0, 0.05) is 34.4 Å². The second kappa shape index (κ2) is 12.1. The molecule has 0 unspecified atom stereocenters. The molecule has 7 nitrogen and oxygen atoms in total. The monoisotopic (exact) mass is 673 g/mol. The maximum atomic E-state index is 14.6. The van der Waals surface area contributed by atoms with Crippen molar-refractivity contribution in [2.75, 3.05) is 22.6 Å². The van der Waals surface area contributed by atoms with Gasteiger partial charge in [-0.15, -0.1) is 23.2 Å². The van der Waals surface area contributed by atoms with E-state index in [1.54, 1.807) is 39.0 Å². The lowest BCUT2D eigenvalue weighted by Crippen LogP contribution is -2.34. The van der Waals surface area contributed by atoms with Crippen molar-refractivity contribution in [2.45, 2.75) is 36.6 Å². The number of ether oxygens (including phenoxy) is 1. The Kier molecular flexibility index (Phi) is 9.26. The summed E-state index contributed by atoms with van der Waals surface area (Å²) in [6.45, 7) is 5.06. The fourth-order valence-corrected chi connectivity index (χ4v) is 5.87. The summed E-state index contributed by atoms with van der Waals surface area (Å²) >= 11 is 31.4. The number of carbonyl (C=O) groups excluding carboxylic acids is 3. The van der Waals surface area contributed by atoms with Crippen molar-refractivity contribution in [1.82, 2.24) is 0 Å². The molecular formula is C29H25Cl5FN3O4. The molecule has 3 amide bonds. The normalized spacial score (nSPS) is 17.3. The zero-order valence-corrected chi connectivity index (χ0v) is 26.5. The largest absolute Gasteiger partial charge is 0.443 e. The van der Waals surface area contributed by atoms with Crippen LogP contribution in [0.25, 0.3) is 0 Å². The summed E-state index contributed by atoms with van der Waals surface area (Å²) in [5.41, 5.74) is 0.191. The standard InChI is InChI=1S/C29H25Cl5FN3O4/c1-28(2,3)42-27(41)38(4)22-13-18(6-8-21(22)35)36-25(39)19-12-17(5-7-20(19)32)37-26(40)24-23(29(24,33)34)14-9-15(30)11-16(31)10-14/h5-13,23-24H,1-4H3,(H,36,39)(H,37,40)/t23-,24+/m1/s1. The number of carbonyl (C=O) groups is 3. The molecule has 1 aliphatic rings. The van der Waals surface area contributed by atoms with Crippen LogP contribution in [0.1, 0.15) is 42.6 Å². The van der Waals surface area contributed by atoms with Crippen molar-refractivity contribution >= 4 is 93.0 Å². The van der Waals surface area contributed by atoms with E-state index in [1.807, 2.05) is 0 Å². The number of rotatable bonds is 6. The van der Waals surface area contributed by atoms with Crippen LogP contribution in [0.3, 0.4) is 0 Å². The highest BCUT2D eigenvalue weighted by atomic mass is 35.5.